The van der Waals surface area contributed by atoms with Crippen molar-refractivity contribution in [3.8, 4) is 0 Å². The van der Waals surface area contributed by atoms with E-state index in [4.69, 9.17) is 9.47 Å². The van der Waals surface area contributed by atoms with Crippen molar-refractivity contribution >= 4 is 11.9 Å². The van der Waals surface area contributed by atoms with Gasteiger partial charge in [0.15, 0.2) is 0 Å². The van der Waals surface area contributed by atoms with E-state index < -0.39 is 11.9 Å². The molecule has 4 nitrogen and oxygen atoms in total. The highest BCUT2D eigenvalue weighted by atomic mass is 16.5. The van der Waals surface area contributed by atoms with Gasteiger partial charge in [-0.05, 0) is 30.5 Å². The number of carbonyl (C=O) groups is 2. The molecule has 1 aromatic carbocycles. The summed E-state index contributed by atoms with van der Waals surface area (Å²) < 4.78 is 10.1. The number of hydrogen-bond donors (Lipinski definition) is 0. The van der Waals surface area contributed by atoms with Gasteiger partial charge in [-0.25, -0.2) is 9.59 Å². The molecule has 0 aliphatic carbocycles. The summed E-state index contributed by atoms with van der Waals surface area (Å²) in [5.74, 6) is -0.867. The van der Waals surface area contributed by atoms with E-state index in [0.717, 1.165) is 0 Å². The second-order valence-electron chi connectivity index (χ2n) is 5.44. The predicted octanol–water partition coefficient (Wildman–Crippen LogP) is 3.07. The van der Waals surface area contributed by atoms with E-state index in [0.29, 0.717) is 24.3 Å². The maximum atomic E-state index is 11.8. The van der Waals surface area contributed by atoms with Crippen LogP contribution >= 0.6 is 0 Å². The van der Waals surface area contributed by atoms with E-state index in [2.05, 4.69) is 0 Å². The molecular formula is C15H20O4. The molecule has 0 saturated carbocycles. The van der Waals surface area contributed by atoms with Crippen molar-refractivity contribution in [2.24, 2.45) is 5.41 Å². The zero-order valence-electron chi connectivity index (χ0n) is 11.9. The Kier molecular flexibility index (Phi) is 5.10. The molecule has 0 N–H and O–H groups in total. The Morgan fingerprint density at radius 3 is 2.05 bits per heavy atom. The van der Waals surface area contributed by atoms with Crippen molar-refractivity contribution in [3.05, 3.63) is 35.4 Å². The first-order valence-corrected chi connectivity index (χ1v) is 6.28. The van der Waals surface area contributed by atoms with Gasteiger partial charge in [-0.2, -0.15) is 0 Å². The van der Waals surface area contributed by atoms with Crippen molar-refractivity contribution in [2.45, 2.75) is 27.7 Å². The average Bonchev–Trinajstić information content (AvgIpc) is 2.35. The molecule has 0 bridgehead atoms. The molecule has 0 aliphatic heterocycles. The molecule has 104 valence electrons. The monoisotopic (exact) mass is 264 g/mol. The molecular weight excluding hydrogens is 244 g/mol. The van der Waals surface area contributed by atoms with Crippen molar-refractivity contribution in [3.63, 3.8) is 0 Å². The molecule has 0 heterocycles. The molecule has 0 spiro atoms. The number of carbonyl (C=O) groups excluding carboxylic acids is 2. The quantitative estimate of drug-likeness (QED) is 0.784. The fourth-order valence-corrected chi connectivity index (χ4v) is 1.35. The molecule has 1 aromatic rings. The molecule has 19 heavy (non-hydrogen) atoms. The van der Waals surface area contributed by atoms with Crippen LogP contribution in [0.15, 0.2) is 24.3 Å². The molecule has 4 heteroatoms. The summed E-state index contributed by atoms with van der Waals surface area (Å²) in [7, 11) is 0. The number of rotatable bonds is 4. The Hall–Kier alpha value is -1.84. The average molecular weight is 264 g/mol. The van der Waals surface area contributed by atoms with E-state index in [-0.39, 0.29) is 5.41 Å². The van der Waals surface area contributed by atoms with E-state index in [1.807, 2.05) is 20.8 Å². The zero-order chi connectivity index (χ0) is 14.5. The maximum absolute atomic E-state index is 11.8. The first-order chi connectivity index (χ1) is 8.83. The highest BCUT2D eigenvalue weighted by molar-refractivity contribution is 5.95. The minimum absolute atomic E-state index is 0.0889. The molecule has 0 fully saturated rings. The van der Waals surface area contributed by atoms with E-state index in [1.165, 1.54) is 6.07 Å². The Morgan fingerprint density at radius 1 is 1.05 bits per heavy atom. The summed E-state index contributed by atoms with van der Waals surface area (Å²) in [4.78, 5) is 23.4. The molecule has 0 radical (unpaired) electrons. The van der Waals surface area contributed by atoms with Crippen molar-refractivity contribution in [1.82, 2.24) is 0 Å². The first kappa shape index (κ1) is 15.2. The molecule has 0 atom stereocenters. The van der Waals surface area contributed by atoms with E-state index >= 15 is 0 Å². The van der Waals surface area contributed by atoms with Crippen LogP contribution in [0.5, 0.6) is 0 Å². The number of hydrogen-bond acceptors (Lipinski definition) is 4. The second-order valence-corrected chi connectivity index (χ2v) is 5.44. The number of ether oxygens (including phenoxy) is 2. The third kappa shape index (κ3) is 5.12. The second kappa shape index (κ2) is 6.36. The van der Waals surface area contributed by atoms with Crippen LogP contribution < -0.4 is 0 Å². The summed E-state index contributed by atoms with van der Waals surface area (Å²) in [5, 5.41) is 0. The van der Waals surface area contributed by atoms with Gasteiger partial charge in [-0.3, -0.25) is 0 Å². The van der Waals surface area contributed by atoms with Gasteiger partial charge in [0, 0.05) is 0 Å². The normalized spacial score (nSPS) is 10.9. The maximum Gasteiger partial charge on any atom is 0.338 e. The molecule has 0 unspecified atom stereocenters. The van der Waals surface area contributed by atoms with Gasteiger partial charge in [-0.15, -0.1) is 0 Å². The lowest BCUT2D eigenvalue weighted by atomic mass is 9.99. The minimum atomic E-state index is -0.437. The van der Waals surface area contributed by atoms with Gasteiger partial charge in [0.05, 0.1) is 24.3 Å². The Bertz CT molecular complexity index is 457. The summed E-state index contributed by atoms with van der Waals surface area (Å²) in [5.41, 5.74) is 0.621. The van der Waals surface area contributed by atoms with Gasteiger partial charge < -0.3 is 9.47 Å². The number of esters is 2. The van der Waals surface area contributed by atoms with Crippen molar-refractivity contribution in [1.29, 1.82) is 0 Å². The summed E-state index contributed by atoms with van der Waals surface area (Å²) in [6.07, 6.45) is 0. The number of benzene rings is 1. The van der Waals surface area contributed by atoms with Crippen LogP contribution in [0.4, 0.5) is 0 Å². The van der Waals surface area contributed by atoms with Crippen LogP contribution in [0.2, 0.25) is 0 Å². The molecule has 0 aromatic heterocycles. The highest BCUT2D eigenvalue weighted by Gasteiger charge is 2.16. The summed E-state index contributed by atoms with van der Waals surface area (Å²) in [6.45, 7) is 8.31. The van der Waals surface area contributed by atoms with Gasteiger partial charge in [-0.1, -0.05) is 26.8 Å². The summed E-state index contributed by atoms with van der Waals surface area (Å²) >= 11 is 0. The smallest absolute Gasteiger partial charge is 0.338 e. The fraction of sp³-hybridized carbons (Fsp3) is 0.467. The molecule has 1 rings (SSSR count). The van der Waals surface area contributed by atoms with Gasteiger partial charge in [0.25, 0.3) is 0 Å². The fourth-order valence-electron chi connectivity index (χ4n) is 1.35. The Morgan fingerprint density at radius 2 is 1.58 bits per heavy atom. The predicted molar refractivity (Wildman–Crippen MR) is 72.1 cm³/mol. The third-order valence-corrected chi connectivity index (χ3v) is 2.25. The third-order valence-electron chi connectivity index (χ3n) is 2.25. The van der Waals surface area contributed by atoms with Crippen molar-refractivity contribution in [2.75, 3.05) is 13.2 Å². The van der Waals surface area contributed by atoms with Gasteiger partial charge in [0.1, 0.15) is 0 Å². The lowest BCUT2D eigenvalue weighted by molar-refractivity contribution is 0.0367. The SMILES string of the molecule is CCOC(=O)c1cccc(C(=O)OCC(C)(C)C)c1. The zero-order valence-corrected chi connectivity index (χ0v) is 11.9. The van der Waals surface area contributed by atoms with Crippen LogP contribution in [0, 0.1) is 5.41 Å². The lowest BCUT2D eigenvalue weighted by Crippen LogP contribution is -2.18. The Balaban J connectivity index is 2.76. The largest absolute Gasteiger partial charge is 0.462 e. The van der Waals surface area contributed by atoms with Crippen LogP contribution in [-0.2, 0) is 9.47 Å². The van der Waals surface area contributed by atoms with Gasteiger partial charge >= 0.3 is 11.9 Å². The van der Waals surface area contributed by atoms with Crippen LogP contribution in [0.25, 0.3) is 0 Å². The lowest BCUT2D eigenvalue weighted by Gasteiger charge is -2.17. The van der Waals surface area contributed by atoms with Crippen molar-refractivity contribution < 1.29 is 19.1 Å². The molecule has 0 saturated heterocycles. The topological polar surface area (TPSA) is 52.6 Å². The molecule has 0 amide bonds. The molecule has 0 aliphatic rings. The first-order valence-electron chi connectivity index (χ1n) is 6.28. The van der Waals surface area contributed by atoms with Crippen LogP contribution in [-0.4, -0.2) is 25.2 Å². The highest BCUT2D eigenvalue weighted by Crippen LogP contribution is 2.15. The minimum Gasteiger partial charge on any atom is -0.462 e. The van der Waals surface area contributed by atoms with Crippen LogP contribution in [0.3, 0.4) is 0 Å². The standard InChI is InChI=1S/C15H20O4/c1-5-18-13(16)11-7-6-8-12(9-11)14(17)19-10-15(2,3)4/h6-9H,5,10H2,1-4H3. The van der Waals surface area contributed by atoms with Crippen LogP contribution in [0.1, 0.15) is 48.4 Å². The summed E-state index contributed by atoms with van der Waals surface area (Å²) in [6, 6.07) is 6.36. The Labute approximate surface area is 113 Å². The van der Waals surface area contributed by atoms with E-state index in [1.54, 1.807) is 25.1 Å². The van der Waals surface area contributed by atoms with Gasteiger partial charge in [0.2, 0.25) is 0 Å². The van der Waals surface area contributed by atoms with E-state index in [9.17, 15) is 9.59 Å².